The van der Waals surface area contributed by atoms with Gasteiger partial charge in [0.25, 0.3) is 5.91 Å². The second-order valence-electron chi connectivity index (χ2n) is 5.76. The molecule has 0 saturated heterocycles. The summed E-state index contributed by atoms with van der Waals surface area (Å²) in [7, 11) is 0. The molecule has 0 saturated carbocycles. The van der Waals surface area contributed by atoms with Gasteiger partial charge in [0.2, 0.25) is 5.91 Å². The van der Waals surface area contributed by atoms with Gasteiger partial charge < -0.3 is 10.6 Å². The summed E-state index contributed by atoms with van der Waals surface area (Å²) in [6.45, 7) is 1.62. The van der Waals surface area contributed by atoms with E-state index in [1.54, 1.807) is 0 Å². The van der Waals surface area contributed by atoms with Crippen LogP contribution < -0.4 is 10.6 Å². The van der Waals surface area contributed by atoms with Crippen LogP contribution in [0.4, 0.5) is 13.9 Å². The quantitative estimate of drug-likeness (QED) is 0.700. The van der Waals surface area contributed by atoms with Crippen LogP contribution in [-0.2, 0) is 4.79 Å². The summed E-state index contributed by atoms with van der Waals surface area (Å²) in [5.74, 6) is -3.08. The highest BCUT2D eigenvalue weighted by molar-refractivity contribution is 7.14. The van der Waals surface area contributed by atoms with Crippen molar-refractivity contribution in [1.29, 1.82) is 0 Å². The third-order valence-corrected chi connectivity index (χ3v) is 4.44. The number of hydrogen-bond acceptors (Lipinski definition) is 4. The minimum atomic E-state index is -0.990. The molecule has 1 heterocycles. The van der Waals surface area contributed by atoms with E-state index in [0.29, 0.717) is 11.2 Å². The van der Waals surface area contributed by atoms with E-state index in [0.717, 1.165) is 29.0 Å². The minimum absolute atomic E-state index is 0.333. The number of aromatic nitrogens is 1. The van der Waals surface area contributed by atoms with Gasteiger partial charge in [-0.1, -0.05) is 29.8 Å². The van der Waals surface area contributed by atoms with E-state index >= 15 is 0 Å². The number of aryl methyl sites for hydroxylation is 1. The van der Waals surface area contributed by atoms with Gasteiger partial charge in [-0.3, -0.25) is 9.59 Å². The lowest BCUT2D eigenvalue weighted by Crippen LogP contribution is -2.33. The molecule has 0 aliphatic heterocycles. The molecule has 0 aliphatic rings. The molecule has 0 radical (unpaired) electrons. The van der Waals surface area contributed by atoms with E-state index in [1.807, 2.05) is 36.6 Å². The fourth-order valence-corrected chi connectivity index (χ4v) is 3.02. The third kappa shape index (κ3) is 4.73. The van der Waals surface area contributed by atoms with E-state index in [1.165, 1.54) is 11.3 Å². The normalized spacial score (nSPS) is 10.5. The number of carbonyl (C=O) groups excluding carboxylic acids is 2. The van der Waals surface area contributed by atoms with Crippen LogP contribution in [0.15, 0.2) is 47.8 Å². The zero-order valence-electron chi connectivity index (χ0n) is 14.3. The predicted octanol–water partition coefficient (Wildman–Crippen LogP) is 3.77. The first-order valence-electron chi connectivity index (χ1n) is 7.98. The molecule has 2 N–H and O–H groups in total. The number of halogens is 2. The molecule has 3 aromatic rings. The van der Waals surface area contributed by atoms with E-state index < -0.39 is 23.4 Å². The lowest BCUT2D eigenvalue weighted by molar-refractivity contribution is -0.115. The predicted molar refractivity (Wildman–Crippen MR) is 99.6 cm³/mol. The average Bonchev–Trinajstić information content (AvgIpc) is 3.08. The van der Waals surface area contributed by atoms with Gasteiger partial charge in [0.1, 0.15) is 11.6 Å². The highest BCUT2D eigenvalue weighted by Crippen LogP contribution is 2.25. The molecule has 8 heteroatoms. The van der Waals surface area contributed by atoms with Crippen LogP contribution in [-0.4, -0.2) is 23.3 Å². The van der Waals surface area contributed by atoms with E-state index in [-0.39, 0.29) is 12.1 Å². The number of rotatable bonds is 5. The van der Waals surface area contributed by atoms with Crippen LogP contribution in [0.2, 0.25) is 0 Å². The molecule has 0 bridgehead atoms. The number of hydrogen-bond donors (Lipinski definition) is 2. The van der Waals surface area contributed by atoms with Gasteiger partial charge in [-0.2, -0.15) is 0 Å². The molecular weight excluding hydrogens is 372 g/mol. The number of anilines is 1. The maximum Gasteiger partial charge on any atom is 0.254 e. The maximum absolute atomic E-state index is 13.6. The average molecular weight is 387 g/mol. The summed E-state index contributed by atoms with van der Waals surface area (Å²) < 4.78 is 26.4. The topological polar surface area (TPSA) is 71.1 Å². The van der Waals surface area contributed by atoms with Crippen LogP contribution in [0.3, 0.4) is 0 Å². The number of nitrogens with one attached hydrogen (secondary N) is 2. The lowest BCUT2D eigenvalue weighted by Gasteiger charge is -2.06. The summed E-state index contributed by atoms with van der Waals surface area (Å²) in [4.78, 5) is 28.2. The Balaban J connectivity index is 1.56. The van der Waals surface area contributed by atoms with Crippen LogP contribution in [0, 0.1) is 18.6 Å². The van der Waals surface area contributed by atoms with Crippen molar-refractivity contribution in [2.45, 2.75) is 6.92 Å². The second-order valence-corrected chi connectivity index (χ2v) is 6.62. The van der Waals surface area contributed by atoms with Gasteiger partial charge >= 0.3 is 0 Å². The van der Waals surface area contributed by atoms with Crippen molar-refractivity contribution in [3.63, 3.8) is 0 Å². The number of nitrogens with zero attached hydrogens (tertiary/aromatic N) is 1. The van der Waals surface area contributed by atoms with Crippen molar-refractivity contribution in [1.82, 2.24) is 10.3 Å². The zero-order valence-corrected chi connectivity index (χ0v) is 15.1. The molecule has 138 valence electrons. The number of thiazole rings is 1. The number of benzene rings is 2. The zero-order chi connectivity index (χ0) is 19.4. The monoisotopic (exact) mass is 387 g/mol. The Bertz CT molecular complexity index is 987. The Morgan fingerprint density at radius 3 is 2.56 bits per heavy atom. The van der Waals surface area contributed by atoms with Gasteiger partial charge in [0, 0.05) is 17.0 Å². The van der Waals surface area contributed by atoms with Crippen LogP contribution in [0.25, 0.3) is 11.3 Å². The Kier molecular flexibility index (Phi) is 5.56. The summed E-state index contributed by atoms with van der Waals surface area (Å²) in [5.41, 5.74) is 2.46. The summed E-state index contributed by atoms with van der Waals surface area (Å²) >= 11 is 1.25. The van der Waals surface area contributed by atoms with E-state index in [4.69, 9.17) is 0 Å². The first-order chi connectivity index (χ1) is 12.9. The number of amides is 2. The van der Waals surface area contributed by atoms with Gasteiger partial charge in [-0.15, -0.1) is 11.3 Å². The highest BCUT2D eigenvalue weighted by atomic mass is 32.1. The molecule has 0 spiro atoms. The molecule has 3 rings (SSSR count). The number of carbonyl (C=O) groups is 2. The molecule has 27 heavy (non-hydrogen) atoms. The summed E-state index contributed by atoms with van der Waals surface area (Å²) in [6, 6.07) is 10.4. The van der Waals surface area contributed by atoms with Gasteiger partial charge in [-0.05, 0) is 19.1 Å². The minimum Gasteiger partial charge on any atom is -0.343 e. The Morgan fingerprint density at radius 2 is 1.85 bits per heavy atom. The van der Waals surface area contributed by atoms with E-state index in [2.05, 4.69) is 15.6 Å². The molecule has 1 aromatic heterocycles. The molecular formula is C19H15F2N3O2S. The molecule has 0 unspecified atom stereocenters. The molecule has 0 atom stereocenters. The Morgan fingerprint density at radius 1 is 1.11 bits per heavy atom. The lowest BCUT2D eigenvalue weighted by atomic mass is 10.1. The van der Waals surface area contributed by atoms with Gasteiger partial charge in [0.15, 0.2) is 5.13 Å². The fraction of sp³-hybridized carbons (Fsp3) is 0.105. The molecule has 2 amide bonds. The van der Waals surface area contributed by atoms with Crippen molar-refractivity contribution in [2.24, 2.45) is 0 Å². The van der Waals surface area contributed by atoms with Crippen molar-refractivity contribution >= 4 is 28.3 Å². The van der Waals surface area contributed by atoms with Crippen molar-refractivity contribution in [3.8, 4) is 11.3 Å². The molecule has 0 aliphatic carbocycles. The standard InChI is InChI=1S/C19H15F2N3O2S/c1-11-2-4-12(5-3-11)16-10-27-19(23-16)24-17(25)9-22-18(26)14-7-6-13(20)8-15(14)21/h2-8,10H,9H2,1H3,(H,22,26)(H,23,24,25). The Hall–Kier alpha value is -3.13. The van der Waals surface area contributed by atoms with Gasteiger partial charge in [0.05, 0.1) is 17.8 Å². The first kappa shape index (κ1) is 18.7. The van der Waals surface area contributed by atoms with Crippen molar-refractivity contribution in [2.75, 3.05) is 11.9 Å². The smallest absolute Gasteiger partial charge is 0.254 e. The van der Waals surface area contributed by atoms with E-state index in [9.17, 15) is 18.4 Å². The molecule has 0 fully saturated rings. The summed E-state index contributed by atoms with van der Waals surface area (Å²) in [6.07, 6.45) is 0. The van der Waals surface area contributed by atoms with Gasteiger partial charge in [-0.25, -0.2) is 13.8 Å². The second kappa shape index (κ2) is 8.05. The van der Waals surface area contributed by atoms with Crippen LogP contribution >= 0.6 is 11.3 Å². The molecule has 2 aromatic carbocycles. The first-order valence-corrected chi connectivity index (χ1v) is 8.86. The SMILES string of the molecule is Cc1ccc(-c2csc(NC(=O)CNC(=O)c3ccc(F)cc3F)n2)cc1. The van der Waals surface area contributed by atoms with Crippen LogP contribution in [0.1, 0.15) is 15.9 Å². The van der Waals surface area contributed by atoms with Crippen molar-refractivity contribution < 1.29 is 18.4 Å². The largest absolute Gasteiger partial charge is 0.343 e. The van der Waals surface area contributed by atoms with Crippen molar-refractivity contribution in [3.05, 3.63) is 70.6 Å². The fourth-order valence-electron chi connectivity index (χ4n) is 2.28. The van der Waals surface area contributed by atoms with Crippen LogP contribution in [0.5, 0.6) is 0 Å². The Labute approximate surface area is 158 Å². The highest BCUT2D eigenvalue weighted by Gasteiger charge is 2.14. The summed E-state index contributed by atoms with van der Waals surface area (Å²) in [5, 5.41) is 7.06. The molecule has 5 nitrogen and oxygen atoms in total. The maximum atomic E-state index is 13.6. The third-order valence-electron chi connectivity index (χ3n) is 3.68.